The monoisotopic (exact) mass is 292 g/mol. The van der Waals surface area contributed by atoms with E-state index in [1.807, 2.05) is 42.5 Å². The van der Waals surface area contributed by atoms with Crippen molar-refractivity contribution < 1.29 is 10.4 Å². The van der Waals surface area contributed by atoms with Crippen molar-refractivity contribution in [2.24, 2.45) is 5.73 Å². The lowest BCUT2D eigenvalue weighted by atomic mass is 10.2. The smallest absolute Gasteiger partial charge is 0.270 e. The summed E-state index contributed by atoms with van der Waals surface area (Å²) in [5.74, 6) is 2.20. The van der Waals surface area contributed by atoms with Crippen LogP contribution in [0, 0.1) is 0 Å². The maximum atomic E-state index is 5.63. The van der Waals surface area contributed by atoms with Gasteiger partial charge in [-0.25, -0.2) is 15.0 Å². The van der Waals surface area contributed by atoms with Crippen molar-refractivity contribution in [2.75, 3.05) is 0 Å². The van der Waals surface area contributed by atoms with E-state index in [9.17, 15) is 0 Å². The number of aromatic amines is 3. The van der Waals surface area contributed by atoms with Crippen LogP contribution < -0.4 is 16.1 Å². The Labute approximate surface area is 125 Å². The van der Waals surface area contributed by atoms with Crippen LogP contribution >= 0.6 is 0 Å². The van der Waals surface area contributed by atoms with Crippen LogP contribution in [0.2, 0.25) is 0 Å². The summed E-state index contributed by atoms with van der Waals surface area (Å²) in [6.45, 7) is 0. The molecule has 0 saturated carbocycles. The molecule has 7 N–H and O–H groups in total. The normalized spacial score (nSPS) is 11.3. The van der Waals surface area contributed by atoms with Crippen molar-refractivity contribution >= 4 is 27.9 Å². The van der Waals surface area contributed by atoms with E-state index < -0.39 is 0 Å². The average molecular weight is 292 g/mol. The predicted molar refractivity (Wildman–Crippen MR) is 84.0 cm³/mol. The van der Waals surface area contributed by atoms with E-state index in [4.69, 9.17) is 11.1 Å². The number of para-hydroxylation sites is 2. The third-order valence-electron chi connectivity index (χ3n) is 3.71. The van der Waals surface area contributed by atoms with Gasteiger partial charge in [0.2, 0.25) is 0 Å². The number of amidine groups is 1. The summed E-state index contributed by atoms with van der Waals surface area (Å²) in [6, 6.07) is 13.8. The molecule has 22 heavy (non-hydrogen) atoms. The summed E-state index contributed by atoms with van der Waals surface area (Å²) < 4.78 is 0. The van der Waals surface area contributed by atoms with Crippen LogP contribution in [0.25, 0.3) is 22.1 Å². The Morgan fingerprint density at radius 2 is 2.00 bits per heavy atom. The van der Waals surface area contributed by atoms with Gasteiger partial charge in [0.25, 0.3) is 11.7 Å². The quantitative estimate of drug-likeness (QED) is 0.313. The van der Waals surface area contributed by atoms with Gasteiger partial charge in [-0.3, -0.25) is 11.1 Å². The van der Waals surface area contributed by atoms with Crippen molar-refractivity contribution in [3.63, 3.8) is 0 Å². The van der Waals surface area contributed by atoms with Crippen molar-refractivity contribution in [3.05, 3.63) is 59.7 Å². The molecule has 4 aromatic rings. The van der Waals surface area contributed by atoms with E-state index in [2.05, 4.69) is 19.9 Å². The third kappa shape index (κ3) is 2.10. The highest BCUT2D eigenvalue weighted by Gasteiger charge is 2.14. The van der Waals surface area contributed by atoms with Gasteiger partial charge in [0.1, 0.15) is 12.2 Å². The van der Waals surface area contributed by atoms with Gasteiger partial charge in [-0.2, -0.15) is 0 Å². The molecule has 0 spiro atoms. The zero-order valence-electron chi connectivity index (χ0n) is 11.9. The molecule has 2 aromatic heterocycles. The van der Waals surface area contributed by atoms with Gasteiger partial charge in [-0.05, 0) is 24.3 Å². The van der Waals surface area contributed by atoms with E-state index >= 15 is 0 Å². The van der Waals surface area contributed by atoms with Crippen LogP contribution in [0.5, 0.6) is 0 Å². The predicted octanol–water partition coefficient (Wildman–Crippen LogP) is -0.0865. The maximum absolute atomic E-state index is 5.63. The van der Waals surface area contributed by atoms with E-state index in [0.717, 1.165) is 39.3 Å². The van der Waals surface area contributed by atoms with Crippen molar-refractivity contribution in [1.82, 2.24) is 15.0 Å². The fraction of sp³-hybridized carbons (Fsp3) is 0.0625. The number of nitrogens with two attached hydrogens (primary N) is 2. The van der Waals surface area contributed by atoms with E-state index in [0.29, 0.717) is 12.3 Å². The molecule has 2 aromatic carbocycles. The molecule has 0 aliphatic carbocycles. The summed E-state index contributed by atoms with van der Waals surface area (Å²) in [5, 5.41) is 5.63. The number of nitrogens with zero attached hydrogens (tertiary/aromatic N) is 1. The molecule has 0 atom stereocenters. The highest BCUT2D eigenvalue weighted by Crippen LogP contribution is 2.14. The molecule has 2 heterocycles. The molecular formula is C16H16N6+2. The number of benzene rings is 2. The summed E-state index contributed by atoms with van der Waals surface area (Å²) in [6.07, 6.45) is 0.667. The number of aromatic nitrogens is 4. The minimum Gasteiger partial charge on any atom is -0.341 e. The maximum Gasteiger partial charge on any atom is 0.270 e. The topological polar surface area (TPSA) is 110 Å². The van der Waals surface area contributed by atoms with Crippen molar-refractivity contribution in [2.45, 2.75) is 6.42 Å². The van der Waals surface area contributed by atoms with Crippen LogP contribution in [-0.2, 0) is 6.42 Å². The first-order valence-electron chi connectivity index (χ1n) is 7.05. The molecule has 0 radical (unpaired) electrons. The van der Waals surface area contributed by atoms with Crippen molar-refractivity contribution in [1.29, 1.82) is 0 Å². The highest BCUT2D eigenvalue weighted by atomic mass is 15.0. The van der Waals surface area contributed by atoms with Crippen LogP contribution in [0.3, 0.4) is 0 Å². The van der Waals surface area contributed by atoms with Gasteiger partial charge in [-0.15, -0.1) is 0 Å². The number of hydrogen-bond donors (Lipinski definition) is 4. The number of rotatable bonds is 3. The van der Waals surface area contributed by atoms with Crippen LogP contribution in [0.1, 0.15) is 17.2 Å². The molecule has 0 unspecified atom stereocenters. The Morgan fingerprint density at radius 3 is 2.82 bits per heavy atom. The lowest BCUT2D eigenvalue weighted by Gasteiger charge is -1.89. The molecule has 6 heteroatoms. The Bertz CT molecular complexity index is 961. The second kappa shape index (κ2) is 4.70. The van der Waals surface area contributed by atoms with Crippen molar-refractivity contribution in [3.8, 4) is 0 Å². The van der Waals surface area contributed by atoms with E-state index in [-0.39, 0.29) is 0 Å². The van der Waals surface area contributed by atoms with Crippen LogP contribution in [-0.4, -0.2) is 20.8 Å². The Balaban J connectivity index is 1.70. The van der Waals surface area contributed by atoms with Gasteiger partial charge >= 0.3 is 0 Å². The van der Waals surface area contributed by atoms with E-state index in [1.54, 1.807) is 0 Å². The van der Waals surface area contributed by atoms with Gasteiger partial charge in [0.15, 0.2) is 11.0 Å². The minimum absolute atomic E-state index is 0.315. The fourth-order valence-electron chi connectivity index (χ4n) is 2.64. The molecule has 0 amide bonds. The lowest BCUT2D eigenvalue weighted by molar-refractivity contribution is -0.356. The van der Waals surface area contributed by atoms with E-state index in [1.165, 1.54) is 0 Å². The van der Waals surface area contributed by atoms with Crippen LogP contribution in [0.4, 0.5) is 0 Å². The number of imidazole rings is 2. The second-order valence-corrected chi connectivity index (χ2v) is 5.32. The summed E-state index contributed by atoms with van der Waals surface area (Å²) in [5.41, 5.74) is 10.4. The standard InChI is InChI=1S/C16H14N6/c17-16(18)9-5-6-12-13(7-9)22-15(21-12)8-14-19-10-3-1-2-4-11(10)20-14/h1-7H,8H2,(H3,17,18)(H,19,20)(H,21,22)/p+2. The zero-order chi connectivity index (χ0) is 15.1. The van der Waals surface area contributed by atoms with Gasteiger partial charge in [0.05, 0.1) is 16.6 Å². The Morgan fingerprint density at radius 1 is 1.14 bits per heavy atom. The zero-order valence-corrected chi connectivity index (χ0v) is 11.9. The lowest BCUT2D eigenvalue weighted by Crippen LogP contribution is -2.46. The highest BCUT2D eigenvalue weighted by molar-refractivity contribution is 5.95. The third-order valence-corrected chi connectivity index (χ3v) is 3.71. The molecule has 0 aliphatic rings. The molecule has 0 bridgehead atoms. The molecule has 0 saturated heterocycles. The molecule has 0 aliphatic heterocycles. The fourth-order valence-corrected chi connectivity index (χ4v) is 2.64. The number of fused-ring (bicyclic) bond motifs is 2. The average Bonchev–Trinajstić information content (AvgIpc) is 3.08. The number of hydrogen-bond acceptors (Lipinski definition) is 1. The first kappa shape index (κ1) is 12.6. The summed E-state index contributed by atoms with van der Waals surface area (Å²) in [4.78, 5) is 14.6. The molecule has 0 fully saturated rings. The first-order valence-corrected chi connectivity index (χ1v) is 7.05. The molecule has 6 nitrogen and oxygen atoms in total. The summed E-state index contributed by atoms with van der Waals surface area (Å²) in [7, 11) is 0. The van der Waals surface area contributed by atoms with Gasteiger partial charge in [-0.1, -0.05) is 12.1 Å². The van der Waals surface area contributed by atoms with Gasteiger partial charge < -0.3 is 4.98 Å². The number of nitrogens with one attached hydrogen (secondary N) is 3. The molecule has 4 rings (SSSR count). The largest absolute Gasteiger partial charge is 0.341 e. The van der Waals surface area contributed by atoms with Gasteiger partial charge in [0, 0.05) is 6.07 Å². The second-order valence-electron chi connectivity index (χ2n) is 5.32. The first-order chi connectivity index (χ1) is 10.7. The minimum atomic E-state index is 0.315. The summed E-state index contributed by atoms with van der Waals surface area (Å²) >= 11 is 0. The Hall–Kier alpha value is -3.15. The molecule has 108 valence electrons. The number of H-pyrrole nitrogens is 3. The Kier molecular flexibility index (Phi) is 2.69. The van der Waals surface area contributed by atoms with Crippen LogP contribution in [0.15, 0.2) is 42.5 Å². The SMILES string of the molecule is NC(=[NH2+])c1ccc2[nH+]c(Cc3nc4ccccc4[nH]3)[nH]c2c1. The molecular weight excluding hydrogens is 276 g/mol.